The Labute approximate surface area is 135 Å². The second kappa shape index (κ2) is 8.33. The minimum Gasteiger partial charge on any atom is -0.298 e. The van der Waals surface area contributed by atoms with Gasteiger partial charge >= 0.3 is 88.1 Å². The molecule has 2 aromatic rings. The maximum atomic E-state index is 10.9. The van der Waals surface area contributed by atoms with Crippen molar-refractivity contribution in [3.63, 3.8) is 0 Å². The molecule has 0 fully saturated rings. The van der Waals surface area contributed by atoms with Crippen molar-refractivity contribution in [2.24, 2.45) is 0 Å². The molecule has 2 rings (SSSR count). The normalized spacial score (nSPS) is 10.2. The summed E-state index contributed by atoms with van der Waals surface area (Å²) in [5, 5.41) is 11.6. The van der Waals surface area contributed by atoms with Crippen molar-refractivity contribution in [3.05, 3.63) is 54.1 Å². The van der Waals surface area contributed by atoms with E-state index in [-0.39, 0.29) is 15.8 Å². The number of phenols is 1. The topological polar surface area (TPSA) is 124 Å². The number of hydrogen-bond donors (Lipinski definition) is 4. The second-order valence-corrected chi connectivity index (χ2v) is 7.82. The Morgan fingerprint density at radius 3 is 2.17 bits per heavy atom. The molecule has 0 saturated heterocycles. The Morgan fingerprint density at radius 1 is 1.13 bits per heavy atom. The quantitative estimate of drug-likeness (QED) is 0.347. The SMILES string of the molecule is CC(=O)Nc1cc([As](=O)(O)O)ccc1O.O=Cc1ccccc1. The standard InChI is InChI=1S/C8H10AsNO5.C7H6O/c1-5(11)10-7-4-6(9(13,14)15)2-3-8(7)12;8-6-7-4-2-1-3-5-7/h2-4,12H,1H3,(H,10,11)(H2,13,14,15);1-6H. The van der Waals surface area contributed by atoms with Gasteiger partial charge in [0.15, 0.2) is 0 Å². The smallest absolute Gasteiger partial charge is 0.150 e. The zero-order valence-corrected chi connectivity index (χ0v) is 14.1. The monoisotopic (exact) mass is 381 g/mol. The van der Waals surface area contributed by atoms with Gasteiger partial charge in [0.1, 0.15) is 6.29 Å². The fourth-order valence-electron chi connectivity index (χ4n) is 1.53. The van der Waals surface area contributed by atoms with E-state index in [9.17, 15) is 18.4 Å². The van der Waals surface area contributed by atoms with Crippen LogP contribution in [0.25, 0.3) is 0 Å². The van der Waals surface area contributed by atoms with Gasteiger partial charge in [-0.1, -0.05) is 30.3 Å². The fourth-order valence-corrected chi connectivity index (χ4v) is 2.71. The number of amides is 1. The number of phenolic OH excluding ortho intramolecular Hbond substituents is 1. The van der Waals surface area contributed by atoms with Crippen molar-refractivity contribution in [1.82, 2.24) is 0 Å². The van der Waals surface area contributed by atoms with Crippen LogP contribution in [0, 0.1) is 0 Å². The number of rotatable bonds is 3. The molecule has 1 amide bonds. The summed E-state index contributed by atoms with van der Waals surface area (Å²) in [6.45, 7) is 1.23. The van der Waals surface area contributed by atoms with E-state index in [1.54, 1.807) is 12.1 Å². The van der Waals surface area contributed by atoms with Gasteiger partial charge in [-0.25, -0.2) is 0 Å². The van der Waals surface area contributed by atoms with E-state index in [1.807, 2.05) is 18.2 Å². The summed E-state index contributed by atoms with van der Waals surface area (Å²) in [6, 6.07) is 12.4. The Bertz CT molecular complexity index is 726. The van der Waals surface area contributed by atoms with Gasteiger partial charge in [0.05, 0.1) is 0 Å². The van der Waals surface area contributed by atoms with Crippen LogP contribution >= 0.6 is 0 Å². The molecule has 0 spiro atoms. The first kappa shape index (κ1) is 18.7. The Kier molecular flexibility index (Phi) is 6.78. The van der Waals surface area contributed by atoms with E-state index in [4.69, 9.17) is 8.19 Å². The van der Waals surface area contributed by atoms with E-state index in [0.29, 0.717) is 0 Å². The molecule has 2 aromatic carbocycles. The van der Waals surface area contributed by atoms with Crippen LogP contribution in [-0.2, 0) is 8.53 Å². The van der Waals surface area contributed by atoms with Crippen LogP contribution in [0.3, 0.4) is 0 Å². The predicted octanol–water partition coefficient (Wildman–Crippen LogP) is 0.411. The fraction of sp³-hybridized carbons (Fsp3) is 0.0667. The molecule has 122 valence electrons. The van der Waals surface area contributed by atoms with Crippen LogP contribution in [-0.4, -0.2) is 39.7 Å². The summed E-state index contributed by atoms with van der Waals surface area (Å²) >= 11 is -4.98. The van der Waals surface area contributed by atoms with Crippen molar-refractivity contribution < 1.29 is 26.6 Å². The summed E-state index contributed by atoms with van der Waals surface area (Å²) in [5.74, 6) is -0.668. The summed E-state index contributed by atoms with van der Waals surface area (Å²) in [4.78, 5) is 20.7. The van der Waals surface area contributed by atoms with Crippen LogP contribution < -0.4 is 9.67 Å². The van der Waals surface area contributed by atoms with Crippen molar-refractivity contribution in [2.45, 2.75) is 6.92 Å². The third-order valence-electron chi connectivity index (χ3n) is 2.56. The number of benzene rings is 2. The molecule has 0 aromatic heterocycles. The molecule has 0 heterocycles. The molecule has 0 bridgehead atoms. The average Bonchev–Trinajstić information content (AvgIpc) is 2.49. The molecule has 0 saturated carbocycles. The molecule has 0 radical (unpaired) electrons. The molecule has 23 heavy (non-hydrogen) atoms. The molecule has 0 aliphatic carbocycles. The van der Waals surface area contributed by atoms with Crippen molar-refractivity contribution in [3.8, 4) is 5.75 Å². The first-order chi connectivity index (χ1) is 10.7. The van der Waals surface area contributed by atoms with E-state index >= 15 is 0 Å². The maximum Gasteiger partial charge on any atom is 0.150 e. The number of carbonyl (C=O) groups is 2. The van der Waals surface area contributed by atoms with Gasteiger partial charge in [0, 0.05) is 5.56 Å². The molecule has 0 unspecified atom stereocenters. The van der Waals surface area contributed by atoms with Gasteiger partial charge in [-0.2, -0.15) is 0 Å². The summed E-state index contributed by atoms with van der Waals surface area (Å²) in [5.41, 5.74) is 0.720. The predicted molar refractivity (Wildman–Crippen MR) is 84.8 cm³/mol. The van der Waals surface area contributed by atoms with Gasteiger partial charge in [-0.3, -0.25) is 4.79 Å². The number of hydrogen-bond acceptors (Lipinski definition) is 4. The number of nitrogens with one attached hydrogen (secondary N) is 1. The third kappa shape index (κ3) is 6.52. The van der Waals surface area contributed by atoms with Crippen LogP contribution in [0.15, 0.2) is 48.5 Å². The summed E-state index contributed by atoms with van der Waals surface area (Å²) in [7, 11) is 0. The summed E-state index contributed by atoms with van der Waals surface area (Å²) < 4.78 is 28.6. The van der Waals surface area contributed by atoms with Crippen molar-refractivity contribution >= 4 is 36.4 Å². The molecule has 4 N–H and O–H groups in total. The maximum absolute atomic E-state index is 10.9. The van der Waals surface area contributed by atoms with Gasteiger partial charge in [-0.05, 0) is 0 Å². The Balaban J connectivity index is 0.000000277. The largest absolute Gasteiger partial charge is 0.298 e. The van der Waals surface area contributed by atoms with Crippen LogP contribution in [0.4, 0.5) is 5.69 Å². The zero-order chi connectivity index (χ0) is 17.5. The van der Waals surface area contributed by atoms with Crippen LogP contribution in [0.5, 0.6) is 5.75 Å². The third-order valence-corrected chi connectivity index (χ3v) is 4.56. The average molecular weight is 381 g/mol. The molecular formula is C15H16AsNO6. The van der Waals surface area contributed by atoms with Crippen molar-refractivity contribution in [2.75, 3.05) is 5.32 Å². The van der Waals surface area contributed by atoms with Gasteiger partial charge in [-0.15, -0.1) is 0 Å². The molecular weight excluding hydrogens is 365 g/mol. The first-order valence-corrected chi connectivity index (χ1v) is 9.79. The number of carbonyl (C=O) groups excluding carboxylic acids is 2. The summed E-state index contributed by atoms with van der Waals surface area (Å²) in [6.07, 6.45) is 0.833. The van der Waals surface area contributed by atoms with Crippen LogP contribution in [0.2, 0.25) is 0 Å². The van der Waals surface area contributed by atoms with Gasteiger partial charge < -0.3 is 0 Å². The van der Waals surface area contributed by atoms with E-state index in [2.05, 4.69) is 5.32 Å². The molecule has 0 aliphatic heterocycles. The second-order valence-electron chi connectivity index (χ2n) is 4.46. The van der Waals surface area contributed by atoms with E-state index in [1.165, 1.54) is 6.92 Å². The Morgan fingerprint density at radius 2 is 1.74 bits per heavy atom. The minimum atomic E-state index is -4.98. The molecule has 7 nitrogen and oxygen atoms in total. The van der Waals surface area contributed by atoms with E-state index < -0.39 is 20.1 Å². The first-order valence-electron chi connectivity index (χ1n) is 6.41. The number of aromatic hydroxyl groups is 1. The minimum absolute atomic E-state index is 0.00951. The van der Waals surface area contributed by atoms with E-state index in [0.717, 1.165) is 30.0 Å². The number of anilines is 1. The van der Waals surface area contributed by atoms with Crippen molar-refractivity contribution in [1.29, 1.82) is 0 Å². The zero-order valence-electron chi connectivity index (χ0n) is 12.2. The van der Waals surface area contributed by atoms with Crippen LogP contribution in [0.1, 0.15) is 17.3 Å². The molecule has 8 heteroatoms. The Hall–Kier alpha value is -2.34. The molecule has 0 atom stereocenters. The van der Waals surface area contributed by atoms with Gasteiger partial charge in [0.25, 0.3) is 0 Å². The number of aldehydes is 1. The molecule has 0 aliphatic rings. The van der Waals surface area contributed by atoms with Gasteiger partial charge in [0.2, 0.25) is 0 Å².